The molecule has 5 heteroatoms. The zero-order valence-electron chi connectivity index (χ0n) is 15.9. The largest absolute Gasteiger partial charge is 0.496 e. The van der Waals surface area contributed by atoms with Gasteiger partial charge in [-0.1, -0.05) is 42.5 Å². The number of allylic oxidation sites excluding steroid dienone is 1. The van der Waals surface area contributed by atoms with Crippen molar-refractivity contribution in [3.63, 3.8) is 0 Å². The Balaban J connectivity index is 1.73. The van der Waals surface area contributed by atoms with E-state index >= 15 is 0 Å². The lowest BCUT2D eigenvalue weighted by Gasteiger charge is -2.08. The number of benzene rings is 3. The van der Waals surface area contributed by atoms with Crippen LogP contribution < -0.4 is 9.47 Å². The van der Waals surface area contributed by atoms with Crippen molar-refractivity contribution in [2.24, 2.45) is 0 Å². The molecule has 0 saturated heterocycles. The van der Waals surface area contributed by atoms with Gasteiger partial charge in [0.05, 0.1) is 7.11 Å². The fourth-order valence-electron chi connectivity index (χ4n) is 2.78. The molecule has 0 spiro atoms. The molecular formula is C24H20O5. The van der Waals surface area contributed by atoms with Crippen molar-refractivity contribution in [3.05, 3.63) is 90.0 Å². The first-order valence-electron chi connectivity index (χ1n) is 8.97. The van der Waals surface area contributed by atoms with Crippen LogP contribution in [-0.4, -0.2) is 30.6 Å². The molecule has 0 atom stereocenters. The third-order valence-electron chi connectivity index (χ3n) is 4.26. The van der Waals surface area contributed by atoms with Gasteiger partial charge >= 0.3 is 5.97 Å². The predicted octanol–water partition coefficient (Wildman–Crippen LogP) is 4.72. The van der Waals surface area contributed by atoms with E-state index in [2.05, 4.69) is 0 Å². The molecule has 0 heterocycles. The van der Waals surface area contributed by atoms with Gasteiger partial charge < -0.3 is 14.6 Å². The van der Waals surface area contributed by atoms with Gasteiger partial charge in [0, 0.05) is 11.1 Å². The van der Waals surface area contributed by atoms with Crippen LogP contribution in [0.15, 0.2) is 78.9 Å². The number of rotatable bonds is 8. The monoisotopic (exact) mass is 388 g/mol. The quantitative estimate of drug-likeness (QED) is 0.446. The minimum Gasteiger partial charge on any atom is -0.496 e. The van der Waals surface area contributed by atoms with Crippen LogP contribution in [0, 0.1) is 0 Å². The number of carboxylic acids is 1. The number of aliphatic carboxylic acids is 1. The maximum atomic E-state index is 12.4. The number of methoxy groups -OCH3 is 1. The number of hydrogen-bond acceptors (Lipinski definition) is 4. The van der Waals surface area contributed by atoms with E-state index in [1.807, 2.05) is 48.5 Å². The van der Waals surface area contributed by atoms with Crippen LogP contribution >= 0.6 is 0 Å². The summed E-state index contributed by atoms with van der Waals surface area (Å²) in [6.45, 7) is -0.425. The summed E-state index contributed by atoms with van der Waals surface area (Å²) in [4.78, 5) is 22.9. The molecule has 0 saturated carbocycles. The molecule has 0 aromatic heterocycles. The van der Waals surface area contributed by atoms with Crippen LogP contribution in [0.4, 0.5) is 0 Å². The molecule has 0 radical (unpaired) electrons. The van der Waals surface area contributed by atoms with Crippen molar-refractivity contribution in [1.29, 1.82) is 0 Å². The van der Waals surface area contributed by atoms with Crippen molar-refractivity contribution >= 4 is 17.8 Å². The van der Waals surface area contributed by atoms with E-state index < -0.39 is 12.6 Å². The average Bonchev–Trinajstić information content (AvgIpc) is 2.76. The van der Waals surface area contributed by atoms with Crippen molar-refractivity contribution in [3.8, 4) is 22.6 Å². The minimum atomic E-state index is -1.06. The van der Waals surface area contributed by atoms with E-state index in [9.17, 15) is 9.59 Å². The lowest BCUT2D eigenvalue weighted by molar-refractivity contribution is -0.139. The Bertz CT molecular complexity index is 1020. The first-order valence-corrected chi connectivity index (χ1v) is 8.97. The van der Waals surface area contributed by atoms with Crippen LogP contribution in [0.2, 0.25) is 0 Å². The maximum Gasteiger partial charge on any atom is 0.341 e. The van der Waals surface area contributed by atoms with Gasteiger partial charge in [-0.3, -0.25) is 4.79 Å². The molecule has 0 aliphatic rings. The number of carbonyl (C=O) groups excluding carboxylic acids is 1. The molecule has 0 aliphatic heterocycles. The Kier molecular flexibility index (Phi) is 6.43. The highest BCUT2D eigenvalue weighted by Crippen LogP contribution is 2.28. The Morgan fingerprint density at radius 1 is 0.931 bits per heavy atom. The minimum absolute atomic E-state index is 0.177. The van der Waals surface area contributed by atoms with Gasteiger partial charge in [-0.2, -0.15) is 0 Å². The average molecular weight is 388 g/mol. The van der Waals surface area contributed by atoms with E-state index in [1.54, 1.807) is 37.5 Å². The second-order valence-corrected chi connectivity index (χ2v) is 6.23. The molecule has 0 fully saturated rings. The zero-order chi connectivity index (χ0) is 20.6. The molecule has 0 amide bonds. The van der Waals surface area contributed by atoms with Gasteiger partial charge in [0.2, 0.25) is 0 Å². The third-order valence-corrected chi connectivity index (χ3v) is 4.26. The molecule has 0 aliphatic carbocycles. The van der Waals surface area contributed by atoms with Crippen LogP contribution in [0.25, 0.3) is 17.2 Å². The molecule has 0 bridgehead atoms. The Labute approximate surface area is 168 Å². The van der Waals surface area contributed by atoms with Crippen molar-refractivity contribution < 1.29 is 24.2 Å². The first-order chi connectivity index (χ1) is 14.1. The Morgan fingerprint density at radius 2 is 1.66 bits per heavy atom. The Morgan fingerprint density at radius 3 is 2.31 bits per heavy atom. The second-order valence-electron chi connectivity index (χ2n) is 6.23. The summed E-state index contributed by atoms with van der Waals surface area (Å²) in [6, 6.07) is 22.1. The highest BCUT2D eigenvalue weighted by atomic mass is 16.5. The predicted molar refractivity (Wildman–Crippen MR) is 111 cm³/mol. The van der Waals surface area contributed by atoms with Gasteiger partial charge in [-0.05, 0) is 53.6 Å². The van der Waals surface area contributed by atoms with E-state index in [4.69, 9.17) is 14.6 Å². The first kappa shape index (κ1) is 19.9. The van der Waals surface area contributed by atoms with Gasteiger partial charge in [-0.15, -0.1) is 0 Å². The lowest BCUT2D eigenvalue weighted by atomic mass is 10.0. The molecular weight excluding hydrogens is 368 g/mol. The molecule has 3 aromatic rings. The SMILES string of the molecule is COc1cc(-c2ccccc2)ccc1/C=C/C(=O)c1ccc(OCC(=O)O)cc1. The smallest absolute Gasteiger partial charge is 0.341 e. The summed E-state index contributed by atoms with van der Waals surface area (Å²) in [5.41, 5.74) is 3.39. The standard InChI is InChI=1S/C24H20O5/c1-28-23-15-20(17-5-3-2-4-6-17)8-7-19(23)11-14-22(25)18-9-12-21(13-10-18)29-16-24(26)27/h2-15H,16H2,1H3,(H,26,27)/b14-11+. The van der Waals surface area contributed by atoms with Crippen molar-refractivity contribution in [2.45, 2.75) is 0 Å². The van der Waals surface area contributed by atoms with Gasteiger partial charge in [-0.25, -0.2) is 4.79 Å². The number of hydrogen-bond donors (Lipinski definition) is 1. The topological polar surface area (TPSA) is 72.8 Å². The van der Waals surface area contributed by atoms with E-state index in [1.165, 1.54) is 6.08 Å². The molecule has 3 rings (SSSR count). The summed E-state index contributed by atoms with van der Waals surface area (Å²) in [5, 5.41) is 8.62. The van der Waals surface area contributed by atoms with Crippen LogP contribution in [0.3, 0.4) is 0 Å². The molecule has 1 N–H and O–H groups in total. The lowest BCUT2D eigenvalue weighted by Crippen LogP contribution is -2.09. The van der Waals surface area contributed by atoms with E-state index in [-0.39, 0.29) is 5.78 Å². The van der Waals surface area contributed by atoms with Gasteiger partial charge in [0.15, 0.2) is 12.4 Å². The third kappa shape index (κ3) is 5.32. The zero-order valence-corrected chi connectivity index (χ0v) is 15.9. The molecule has 3 aromatic carbocycles. The summed E-state index contributed by atoms with van der Waals surface area (Å²) in [7, 11) is 1.60. The van der Waals surface area contributed by atoms with Gasteiger partial charge in [0.25, 0.3) is 0 Å². The summed E-state index contributed by atoms with van der Waals surface area (Å²) >= 11 is 0. The van der Waals surface area contributed by atoms with Crippen molar-refractivity contribution in [2.75, 3.05) is 13.7 Å². The molecule has 0 unspecified atom stereocenters. The Hall–Kier alpha value is -3.86. The molecule has 146 valence electrons. The van der Waals surface area contributed by atoms with Crippen LogP contribution in [0.5, 0.6) is 11.5 Å². The second kappa shape index (κ2) is 9.37. The van der Waals surface area contributed by atoms with Gasteiger partial charge in [0.1, 0.15) is 11.5 Å². The van der Waals surface area contributed by atoms with E-state index in [0.717, 1.165) is 16.7 Å². The summed E-state index contributed by atoms with van der Waals surface area (Å²) in [6.07, 6.45) is 3.19. The van der Waals surface area contributed by atoms with Crippen molar-refractivity contribution in [1.82, 2.24) is 0 Å². The van der Waals surface area contributed by atoms with Crippen LogP contribution in [0.1, 0.15) is 15.9 Å². The summed E-state index contributed by atoms with van der Waals surface area (Å²) < 4.78 is 10.5. The number of carbonyl (C=O) groups is 2. The van der Waals surface area contributed by atoms with Crippen LogP contribution in [-0.2, 0) is 4.79 Å². The van der Waals surface area contributed by atoms with E-state index in [0.29, 0.717) is 17.1 Å². The number of ether oxygens (including phenoxy) is 2. The highest BCUT2D eigenvalue weighted by molar-refractivity contribution is 6.07. The fourth-order valence-corrected chi connectivity index (χ4v) is 2.78. The highest BCUT2D eigenvalue weighted by Gasteiger charge is 2.07. The maximum absolute atomic E-state index is 12.4. The molecule has 5 nitrogen and oxygen atoms in total. The summed E-state index contributed by atoms with van der Waals surface area (Å²) in [5.74, 6) is -0.164. The number of ketones is 1. The molecule has 29 heavy (non-hydrogen) atoms. The normalized spacial score (nSPS) is 10.7. The fraction of sp³-hybridized carbons (Fsp3) is 0.0833. The number of carboxylic acid groups (broad SMARTS) is 1.